The maximum Gasteiger partial charge on any atom is 0.339 e. The lowest BCUT2D eigenvalue weighted by atomic mass is 10.1. The van der Waals surface area contributed by atoms with Gasteiger partial charge in [-0.1, -0.05) is 30.3 Å². The van der Waals surface area contributed by atoms with Gasteiger partial charge < -0.3 is 10.2 Å². The van der Waals surface area contributed by atoms with Gasteiger partial charge in [0.05, 0.1) is 6.26 Å². The lowest BCUT2D eigenvalue weighted by Crippen LogP contribution is -1.98. The molecule has 0 aliphatic carbocycles. The van der Waals surface area contributed by atoms with Crippen LogP contribution in [0.15, 0.2) is 36.6 Å². The lowest BCUT2D eigenvalue weighted by molar-refractivity contribution is -0.130. The Morgan fingerprint density at radius 1 is 1.25 bits per heavy atom. The molecule has 0 saturated heterocycles. The first kappa shape index (κ1) is 8.33. The highest BCUT2D eigenvalue weighted by Gasteiger charge is 2.08. The van der Waals surface area contributed by atoms with Crippen molar-refractivity contribution in [1.29, 1.82) is 0 Å². The largest absolute Gasteiger partial charge is 0.515 e. The van der Waals surface area contributed by atoms with Gasteiger partial charge in [-0.15, -0.1) is 0 Å². The molecule has 0 aromatic heterocycles. The Hall–Kier alpha value is -1.77. The van der Waals surface area contributed by atoms with Crippen molar-refractivity contribution in [1.82, 2.24) is 0 Å². The summed E-state index contributed by atoms with van der Waals surface area (Å²) in [6, 6.07) is 8.44. The molecule has 0 bridgehead atoms. The van der Waals surface area contributed by atoms with E-state index in [0.717, 1.165) is 0 Å². The molecule has 0 aliphatic heterocycles. The van der Waals surface area contributed by atoms with E-state index >= 15 is 0 Å². The molecule has 62 valence electrons. The predicted molar refractivity (Wildman–Crippen MR) is 44.7 cm³/mol. The number of carboxylic acids is 1. The maximum absolute atomic E-state index is 10.5. The Morgan fingerprint density at radius 2 is 1.83 bits per heavy atom. The van der Waals surface area contributed by atoms with Crippen LogP contribution in [0.1, 0.15) is 5.56 Å². The molecular formula is C9H8O3. The van der Waals surface area contributed by atoms with Gasteiger partial charge in [0.2, 0.25) is 0 Å². The van der Waals surface area contributed by atoms with E-state index in [1.54, 1.807) is 30.3 Å². The highest BCUT2D eigenvalue weighted by Crippen LogP contribution is 2.12. The van der Waals surface area contributed by atoms with Crippen LogP contribution in [0, 0.1) is 0 Å². The van der Waals surface area contributed by atoms with E-state index < -0.39 is 5.97 Å². The first-order chi connectivity index (χ1) is 5.75. The standard InChI is InChI=1S/C9H8O3/c10-6-8(9(11)12)7-4-2-1-3-5-7/h1-6,10H,(H,11,12)/b8-6+. The summed E-state index contributed by atoms with van der Waals surface area (Å²) in [5.74, 6) is -1.14. The average molecular weight is 164 g/mol. The molecule has 0 aliphatic rings. The Bertz CT molecular complexity index is 301. The van der Waals surface area contributed by atoms with Crippen molar-refractivity contribution < 1.29 is 15.0 Å². The highest BCUT2D eigenvalue weighted by atomic mass is 16.4. The number of hydrogen-bond donors (Lipinski definition) is 2. The van der Waals surface area contributed by atoms with Gasteiger partial charge in [0.15, 0.2) is 0 Å². The van der Waals surface area contributed by atoms with Crippen LogP contribution in [0.2, 0.25) is 0 Å². The van der Waals surface area contributed by atoms with Crippen molar-refractivity contribution in [2.24, 2.45) is 0 Å². The monoisotopic (exact) mass is 164 g/mol. The van der Waals surface area contributed by atoms with E-state index in [1.807, 2.05) is 0 Å². The summed E-state index contributed by atoms with van der Waals surface area (Å²) in [4.78, 5) is 10.5. The predicted octanol–water partition coefficient (Wildman–Crippen LogP) is 1.67. The molecule has 1 aromatic carbocycles. The number of aliphatic hydroxyl groups is 1. The Labute approximate surface area is 69.6 Å². The van der Waals surface area contributed by atoms with Gasteiger partial charge in [-0.05, 0) is 5.56 Å². The van der Waals surface area contributed by atoms with Crippen molar-refractivity contribution in [2.45, 2.75) is 0 Å². The van der Waals surface area contributed by atoms with Crippen LogP contribution < -0.4 is 0 Å². The summed E-state index contributed by atoms with van der Waals surface area (Å²) in [5.41, 5.74) is 0.392. The van der Waals surface area contributed by atoms with E-state index in [1.165, 1.54) is 0 Å². The van der Waals surface area contributed by atoms with Crippen LogP contribution in [0.3, 0.4) is 0 Å². The molecule has 0 unspecified atom stereocenters. The zero-order chi connectivity index (χ0) is 8.97. The molecule has 1 aromatic rings. The molecule has 2 N–H and O–H groups in total. The molecule has 3 nitrogen and oxygen atoms in total. The summed E-state index contributed by atoms with van der Waals surface area (Å²) < 4.78 is 0. The minimum atomic E-state index is -1.14. The summed E-state index contributed by atoms with van der Waals surface area (Å²) >= 11 is 0. The average Bonchev–Trinajstić information content (AvgIpc) is 2.07. The van der Waals surface area contributed by atoms with Crippen LogP contribution in [-0.2, 0) is 4.79 Å². The quantitative estimate of drug-likeness (QED) is 0.516. The van der Waals surface area contributed by atoms with Gasteiger partial charge >= 0.3 is 5.97 Å². The van der Waals surface area contributed by atoms with E-state index in [-0.39, 0.29) is 5.57 Å². The van der Waals surface area contributed by atoms with Crippen LogP contribution in [0.5, 0.6) is 0 Å². The molecule has 0 heterocycles. The SMILES string of the molecule is O=C(O)/C(=C/O)c1ccccc1. The number of carboxylic acid groups (broad SMARTS) is 1. The van der Waals surface area contributed by atoms with Gasteiger partial charge in [0.25, 0.3) is 0 Å². The molecule has 1 rings (SSSR count). The first-order valence-corrected chi connectivity index (χ1v) is 3.39. The smallest absolute Gasteiger partial charge is 0.339 e. The molecular weight excluding hydrogens is 156 g/mol. The molecule has 0 atom stereocenters. The minimum absolute atomic E-state index is 0.101. The second-order valence-electron chi connectivity index (χ2n) is 2.21. The van der Waals surface area contributed by atoms with E-state index in [0.29, 0.717) is 11.8 Å². The minimum Gasteiger partial charge on any atom is -0.515 e. The first-order valence-electron chi connectivity index (χ1n) is 3.39. The number of aliphatic hydroxyl groups excluding tert-OH is 1. The molecule has 0 radical (unpaired) electrons. The van der Waals surface area contributed by atoms with Crippen molar-refractivity contribution >= 4 is 11.5 Å². The Balaban J connectivity index is 3.05. The fraction of sp³-hybridized carbons (Fsp3) is 0. The summed E-state index contributed by atoms with van der Waals surface area (Å²) in [7, 11) is 0. The van der Waals surface area contributed by atoms with E-state index in [9.17, 15) is 4.79 Å². The van der Waals surface area contributed by atoms with Crippen LogP contribution in [-0.4, -0.2) is 16.2 Å². The van der Waals surface area contributed by atoms with E-state index in [4.69, 9.17) is 10.2 Å². The van der Waals surface area contributed by atoms with Crippen molar-refractivity contribution in [3.05, 3.63) is 42.2 Å². The third-order valence-corrected chi connectivity index (χ3v) is 1.44. The van der Waals surface area contributed by atoms with Gasteiger partial charge in [0.1, 0.15) is 5.57 Å². The molecule has 0 fully saturated rings. The van der Waals surface area contributed by atoms with E-state index in [2.05, 4.69) is 0 Å². The Morgan fingerprint density at radius 3 is 2.25 bits per heavy atom. The van der Waals surface area contributed by atoms with Gasteiger partial charge in [-0.2, -0.15) is 0 Å². The molecule has 3 heteroatoms. The lowest BCUT2D eigenvalue weighted by Gasteiger charge is -1.98. The highest BCUT2D eigenvalue weighted by molar-refractivity contribution is 6.14. The Kier molecular flexibility index (Phi) is 2.48. The van der Waals surface area contributed by atoms with Gasteiger partial charge in [0, 0.05) is 0 Å². The maximum atomic E-state index is 10.5. The van der Waals surface area contributed by atoms with Crippen LogP contribution in [0.25, 0.3) is 5.57 Å². The van der Waals surface area contributed by atoms with Crippen molar-refractivity contribution in [3.63, 3.8) is 0 Å². The molecule has 0 amide bonds. The van der Waals surface area contributed by atoms with Crippen LogP contribution >= 0.6 is 0 Å². The number of aliphatic carboxylic acids is 1. The number of benzene rings is 1. The fourth-order valence-corrected chi connectivity index (χ4v) is 0.871. The zero-order valence-electron chi connectivity index (χ0n) is 6.27. The third-order valence-electron chi connectivity index (χ3n) is 1.44. The summed E-state index contributed by atoms with van der Waals surface area (Å²) in [5, 5.41) is 17.2. The molecule has 12 heavy (non-hydrogen) atoms. The summed E-state index contributed by atoms with van der Waals surface area (Å²) in [6.45, 7) is 0. The normalized spacial score (nSPS) is 11.2. The van der Waals surface area contributed by atoms with Gasteiger partial charge in [-0.25, -0.2) is 4.79 Å². The zero-order valence-corrected chi connectivity index (χ0v) is 6.27. The summed E-state index contributed by atoms with van der Waals surface area (Å²) in [6.07, 6.45) is 0.595. The topological polar surface area (TPSA) is 57.5 Å². The van der Waals surface area contributed by atoms with Crippen molar-refractivity contribution in [2.75, 3.05) is 0 Å². The second kappa shape index (κ2) is 3.57. The fourth-order valence-electron chi connectivity index (χ4n) is 0.871. The molecule has 0 saturated carbocycles. The van der Waals surface area contributed by atoms with Gasteiger partial charge in [-0.3, -0.25) is 0 Å². The third kappa shape index (κ3) is 1.63. The number of carbonyl (C=O) groups is 1. The van der Waals surface area contributed by atoms with Crippen molar-refractivity contribution in [3.8, 4) is 0 Å². The molecule has 0 spiro atoms. The number of rotatable bonds is 2. The number of hydrogen-bond acceptors (Lipinski definition) is 2. The second-order valence-corrected chi connectivity index (χ2v) is 2.21. The van der Waals surface area contributed by atoms with Crippen LogP contribution in [0.4, 0.5) is 0 Å².